The Morgan fingerprint density at radius 1 is 1.00 bits per heavy atom. The Bertz CT molecular complexity index is 1190. The molecule has 1 N–H and O–H groups in total. The predicted molar refractivity (Wildman–Crippen MR) is 116 cm³/mol. The third kappa shape index (κ3) is 3.66. The molecule has 1 aliphatic heterocycles. The summed E-state index contributed by atoms with van der Waals surface area (Å²) in [5.41, 5.74) is 0.547. The van der Waals surface area contributed by atoms with Gasteiger partial charge in [-0.3, -0.25) is 14.5 Å². The van der Waals surface area contributed by atoms with E-state index in [2.05, 4.69) is 0 Å². The number of nitrogens with zero attached hydrogens (tertiary/aromatic N) is 1. The van der Waals surface area contributed by atoms with Crippen LogP contribution in [0, 0.1) is 5.82 Å². The second-order valence-electron chi connectivity index (χ2n) is 6.90. The third-order valence-electron chi connectivity index (χ3n) is 5.11. The summed E-state index contributed by atoms with van der Waals surface area (Å²) in [6.07, 6.45) is 0. The topological polar surface area (TPSA) is 66.8 Å². The number of Topliss-reactive ketones (excluding diaryl/α,β-unsaturated/α-hetero) is 1. The zero-order chi connectivity index (χ0) is 22.1. The number of amides is 1. The fourth-order valence-electron chi connectivity index (χ4n) is 3.60. The van der Waals surface area contributed by atoms with Gasteiger partial charge in [0.1, 0.15) is 17.3 Å². The molecule has 3 aromatic rings. The fourth-order valence-corrected chi connectivity index (χ4v) is 3.72. The van der Waals surface area contributed by atoms with Crippen molar-refractivity contribution >= 4 is 34.7 Å². The molecule has 0 aromatic heterocycles. The lowest BCUT2D eigenvalue weighted by atomic mass is 9.94. The molecular weight excluding hydrogens is 421 g/mol. The van der Waals surface area contributed by atoms with Gasteiger partial charge in [0.15, 0.2) is 0 Å². The summed E-state index contributed by atoms with van der Waals surface area (Å²) in [4.78, 5) is 27.2. The van der Waals surface area contributed by atoms with E-state index < -0.39 is 29.3 Å². The predicted octanol–water partition coefficient (Wildman–Crippen LogP) is 5.11. The zero-order valence-corrected chi connectivity index (χ0v) is 17.1. The van der Waals surface area contributed by atoms with Crippen LogP contribution in [0.15, 0.2) is 78.4 Å². The average molecular weight is 438 g/mol. The molecule has 1 heterocycles. The number of hydrogen-bond acceptors (Lipinski definition) is 4. The summed E-state index contributed by atoms with van der Waals surface area (Å²) in [7, 11) is 1.51. The minimum absolute atomic E-state index is 0.0908. The normalized spacial score (nSPS) is 17.8. The van der Waals surface area contributed by atoms with Crippen LogP contribution in [0.4, 0.5) is 10.1 Å². The molecule has 0 bridgehead atoms. The molecule has 7 heteroatoms. The lowest BCUT2D eigenvalue weighted by Gasteiger charge is -2.25. The molecule has 3 aromatic carbocycles. The summed E-state index contributed by atoms with van der Waals surface area (Å²) in [5.74, 6) is -2.22. The molecule has 0 spiro atoms. The molecule has 0 radical (unpaired) electrons. The van der Waals surface area contributed by atoms with Gasteiger partial charge in [-0.25, -0.2) is 4.39 Å². The van der Waals surface area contributed by atoms with Gasteiger partial charge in [-0.1, -0.05) is 29.8 Å². The second kappa shape index (κ2) is 8.24. The maximum absolute atomic E-state index is 14.8. The number of carbonyl (C=O) groups excluding carboxylic acids is 2. The van der Waals surface area contributed by atoms with Gasteiger partial charge in [0.25, 0.3) is 11.7 Å². The van der Waals surface area contributed by atoms with E-state index in [1.165, 1.54) is 42.3 Å². The van der Waals surface area contributed by atoms with Gasteiger partial charge in [-0.2, -0.15) is 0 Å². The first-order chi connectivity index (χ1) is 14.9. The molecule has 1 aliphatic rings. The van der Waals surface area contributed by atoms with Crippen LogP contribution < -0.4 is 9.64 Å². The summed E-state index contributed by atoms with van der Waals surface area (Å²) < 4.78 is 20.0. The van der Waals surface area contributed by atoms with Crippen molar-refractivity contribution in [1.29, 1.82) is 0 Å². The maximum atomic E-state index is 14.8. The molecule has 5 nitrogen and oxygen atoms in total. The fraction of sp³-hybridized carbons (Fsp3) is 0.0833. The van der Waals surface area contributed by atoms with Crippen molar-refractivity contribution in [3.8, 4) is 5.75 Å². The monoisotopic (exact) mass is 437 g/mol. The van der Waals surface area contributed by atoms with Gasteiger partial charge >= 0.3 is 0 Å². The van der Waals surface area contributed by atoms with E-state index in [1.54, 1.807) is 42.5 Å². The summed E-state index contributed by atoms with van der Waals surface area (Å²) >= 11 is 5.91. The second-order valence-corrected chi connectivity index (χ2v) is 7.33. The van der Waals surface area contributed by atoms with E-state index in [4.69, 9.17) is 16.3 Å². The van der Waals surface area contributed by atoms with Crippen molar-refractivity contribution < 1.29 is 23.8 Å². The number of methoxy groups -OCH3 is 1. The number of ketones is 1. The van der Waals surface area contributed by atoms with Gasteiger partial charge in [0, 0.05) is 21.8 Å². The molecule has 1 saturated heterocycles. The first kappa shape index (κ1) is 20.6. The Labute approximate surface area is 182 Å². The number of benzene rings is 3. The SMILES string of the molecule is COc1ccc(N2C(=O)C(=O)C(=C(O)c3ccc(Cl)cc3)[C@@H]2c2ccccc2F)cc1. The van der Waals surface area contributed by atoms with Crippen LogP contribution in [0.25, 0.3) is 5.76 Å². The Kier molecular flexibility index (Phi) is 5.48. The van der Waals surface area contributed by atoms with Gasteiger partial charge in [0.05, 0.1) is 18.7 Å². The van der Waals surface area contributed by atoms with Crippen molar-refractivity contribution in [2.45, 2.75) is 6.04 Å². The summed E-state index contributed by atoms with van der Waals surface area (Å²) in [6, 6.07) is 17.3. The minimum Gasteiger partial charge on any atom is -0.507 e. The van der Waals surface area contributed by atoms with Crippen molar-refractivity contribution in [2.75, 3.05) is 12.0 Å². The van der Waals surface area contributed by atoms with E-state index in [0.717, 1.165) is 0 Å². The summed E-state index contributed by atoms with van der Waals surface area (Å²) in [6.45, 7) is 0. The number of rotatable bonds is 4. The average Bonchev–Trinajstić information content (AvgIpc) is 3.04. The van der Waals surface area contributed by atoms with Crippen molar-refractivity contribution in [3.63, 3.8) is 0 Å². The highest BCUT2D eigenvalue weighted by atomic mass is 35.5. The number of aliphatic hydroxyl groups excluding tert-OH is 1. The van der Waals surface area contributed by atoms with Crippen LogP contribution >= 0.6 is 11.6 Å². The van der Waals surface area contributed by atoms with Gasteiger partial charge in [-0.15, -0.1) is 0 Å². The number of anilines is 1. The third-order valence-corrected chi connectivity index (χ3v) is 5.36. The van der Waals surface area contributed by atoms with Gasteiger partial charge in [0.2, 0.25) is 0 Å². The molecule has 1 atom stereocenters. The molecule has 4 rings (SSSR count). The Hall–Kier alpha value is -3.64. The van der Waals surface area contributed by atoms with Crippen LogP contribution in [-0.4, -0.2) is 23.9 Å². The number of hydrogen-bond donors (Lipinski definition) is 1. The molecular formula is C24H17ClFNO4. The van der Waals surface area contributed by atoms with Crippen LogP contribution in [0.1, 0.15) is 17.2 Å². The molecule has 0 aliphatic carbocycles. The Balaban J connectivity index is 1.94. The lowest BCUT2D eigenvalue weighted by molar-refractivity contribution is -0.132. The van der Waals surface area contributed by atoms with Gasteiger partial charge in [-0.05, 0) is 54.6 Å². The Morgan fingerprint density at radius 3 is 2.26 bits per heavy atom. The van der Waals surface area contributed by atoms with E-state index in [1.807, 2.05) is 0 Å². The molecule has 1 amide bonds. The highest BCUT2D eigenvalue weighted by Crippen LogP contribution is 2.43. The Morgan fingerprint density at radius 2 is 1.65 bits per heavy atom. The number of carbonyl (C=O) groups is 2. The molecule has 31 heavy (non-hydrogen) atoms. The highest BCUT2D eigenvalue weighted by Gasteiger charge is 2.47. The van der Waals surface area contributed by atoms with Crippen LogP contribution in [0.2, 0.25) is 5.02 Å². The molecule has 0 unspecified atom stereocenters. The molecule has 156 valence electrons. The van der Waals surface area contributed by atoms with E-state index in [-0.39, 0.29) is 11.1 Å². The van der Waals surface area contributed by atoms with Crippen molar-refractivity contribution in [3.05, 3.63) is 100 Å². The maximum Gasteiger partial charge on any atom is 0.300 e. The van der Waals surface area contributed by atoms with E-state index >= 15 is 0 Å². The highest BCUT2D eigenvalue weighted by molar-refractivity contribution is 6.51. The van der Waals surface area contributed by atoms with E-state index in [9.17, 15) is 19.1 Å². The smallest absolute Gasteiger partial charge is 0.300 e. The van der Waals surface area contributed by atoms with E-state index in [0.29, 0.717) is 22.0 Å². The standard InChI is InChI=1S/C24H17ClFNO4/c1-31-17-12-10-16(11-13-17)27-21(18-4-2-3-5-19(18)26)20(23(29)24(27)30)22(28)14-6-8-15(25)9-7-14/h2-13,21,28H,1H3/t21-/m0/s1. The first-order valence-electron chi connectivity index (χ1n) is 9.38. The van der Waals surface area contributed by atoms with Crippen LogP contribution in [0.3, 0.4) is 0 Å². The molecule has 0 saturated carbocycles. The largest absolute Gasteiger partial charge is 0.507 e. The lowest BCUT2D eigenvalue weighted by Crippen LogP contribution is -2.29. The number of ether oxygens (including phenoxy) is 1. The number of halogens is 2. The van der Waals surface area contributed by atoms with Crippen molar-refractivity contribution in [2.24, 2.45) is 0 Å². The number of aliphatic hydroxyl groups is 1. The first-order valence-corrected chi connectivity index (χ1v) is 9.75. The zero-order valence-electron chi connectivity index (χ0n) is 16.4. The van der Waals surface area contributed by atoms with Crippen molar-refractivity contribution in [1.82, 2.24) is 0 Å². The minimum atomic E-state index is -1.15. The van der Waals surface area contributed by atoms with Crippen LogP contribution in [-0.2, 0) is 9.59 Å². The van der Waals surface area contributed by atoms with Gasteiger partial charge < -0.3 is 9.84 Å². The molecule has 1 fully saturated rings. The summed E-state index contributed by atoms with van der Waals surface area (Å²) in [5, 5.41) is 11.4. The quantitative estimate of drug-likeness (QED) is 0.350. The van der Waals surface area contributed by atoms with Crippen LogP contribution in [0.5, 0.6) is 5.75 Å².